The third kappa shape index (κ3) is 6.88. The van der Waals surface area contributed by atoms with Gasteiger partial charge in [0, 0.05) is 38.9 Å². The Morgan fingerprint density at radius 2 is 1.86 bits per heavy atom. The second-order valence-electron chi connectivity index (χ2n) is 10.6. The van der Waals surface area contributed by atoms with E-state index in [1.54, 1.807) is 22.1 Å². The molecule has 4 rings (SSSR count). The molecule has 200 valence electrons. The van der Waals surface area contributed by atoms with Crippen LogP contribution in [0.1, 0.15) is 58.2 Å². The molecule has 2 aromatic rings. The van der Waals surface area contributed by atoms with Crippen molar-refractivity contribution in [2.45, 2.75) is 65.3 Å². The van der Waals surface area contributed by atoms with Crippen molar-refractivity contribution in [2.24, 2.45) is 0 Å². The second-order valence-corrected chi connectivity index (χ2v) is 10.6. The van der Waals surface area contributed by atoms with Crippen LogP contribution in [0.15, 0.2) is 36.5 Å². The molecule has 1 aromatic carbocycles. The van der Waals surface area contributed by atoms with Gasteiger partial charge in [0.1, 0.15) is 18.0 Å². The summed E-state index contributed by atoms with van der Waals surface area (Å²) >= 11 is 0. The minimum atomic E-state index is -0.475. The van der Waals surface area contributed by atoms with Crippen LogP contribution in [0.4, 0.5) is 21.4 Å². The lowest BCUT2D eigenvalue weighted by atomic mass is 10.1. The minimum Gasteiger partial charge on any atom is -0.447 e. The van der Waals surface area contributed by atoms with E-state index >= 15 is 0 Å². The summed E-state index contributed by atoms with van der Waals surface area (Å²) in [6, 6.07) is 10.2. The topological polar surface area (TPSA) is 100 Å². The number of ether oxygens (including phenoxy) is 2. The first kappa shape index (κ1) is 26.7. The molecule has 2 fully saturated rings. The van der Waals surface area contributed by atoms with Crippen molar-refractivity contribution in [1.29, 1.82) is 0 Å². The molecule has 2 saturated heterocycles. The van der Waals surface area contributed by atoms with Gasteiger partial charge in [-0.05, 0) is 51.3 Å². The van der Waals surface area contributed by atoms with Crippen LogP contribution in [0.3, 0.4) is 0 Å². The SMILES string of the molecule is CC[C@H]1COC(=O)N1c1ccnc(N[C@@H](C)c2ccc(CN3CCN(C(=O)OC(C)(C)C)CC3)cc2)n1. The Balaban J connectivity index is 1.30. The third-order valence-corrected chi connectivity index (χ3v) is 6.58. The number of anilines is 2. The van der Waals surface area contributed by atoms with Gasteiger partial charge in [-0.3, -0.25) is 9.80 Å². The number of hydrogen-bond acceptors (Lipinski definition) is 8. The van der Waals surface area contributed by atoms with Gasteiger partial charge in [-0.25, -0.2) is 14.6 Å². The Morgan fingerprint density at radius 3 is 2.51 bits per heavy atom. The fraction of sp³-hybridized carbons (Fsp3) is 0.556. The van der Waals surface area contributed by atoms with Gasteiger partial charge in [0.15, 0.2) is 0 Å². The van der Waals surface area contributed by atoms with E-state index in [1.807, 2.05) is 27.7 Å². The quantitative estimate of drug-likeness (QED) is 0.584. The van der Waals surface area contributed by atoms with Crippen LogP contribution < -0.4 is 10.2 Å². The lowest BCUT2D eigenvalue weighted by Crippen LogP contribution is -2.49. The first-order valence-electron chi connectivity index (χ1n) is 13.0. The van der Waals surface area contributed by atoms with Crippen LogP contribution in [-0.2, 0) is 16.0 Å². The molecule has 2 atom stereocenters. The maximum Gasteiger partial charge on any atom is 0.415 e. The molecule has 0 spiro atoms. The summed E-state index contributed by atoms with van der Waals surface area (Å²) in [4.78, 5) is 39.1. The van der Waals surface area contributed by atoms with Crippen molar-refractivity contribution in [1.82, 2.24) is 19.8 Å². The van der Waals surface area contributed by atoms with Crippen molar-refractivity contribution in [2.75, 3.05) is 43.0 Å². The van der Waals surface area contributed by atoms with Crippen LogP contribution >= 0.6 is 0 Å². The highest BCUT2D eigenvalue weighted by Gasteiger charge is 2.34. The highest BCUT2D eigenvalue weighted by Crippen LogP contribution is 2.25. The minimum absolute atomic E-state index is 0.0134. The second kappa shape index (κ2) is 11.3. The van der Waals surface area contributed by atoms with E-state index in [2.05, 4.69) is 51.4 Å². The summed E-state index contributed by atoms with van der Waals surface area (Å²) in [6.07, 6.45) is 1.84. The maximum atomic E-state index is 12.3. The Hall–Kier alpha value is -3.40. The van der Waals surface area contributed by atoms with Gasteiger partial charge in [-0.15, -0.1) is 0 Å². The van der Waals surface area contributed by atoms with Gasteiger partial charge in [0.05, 0.1) is 12.1 Å². The van der Waals surface area contributed by atoms with E-state index in [4.69, 9.17) is 9.47 Å². The van der Waals surface area contributed by atoms with Crippen molar-refractivity contribution in [3.05, 3.63) is 47.7 Å². The van der Waals surface area contributed by atoms with Gasteiger partial charge in [-0.2, -0.15) is 4.98 Å². The number of aromatic nitrogens is 2. The van der Waals surface area contributed by atoms with E-state index < -0.39 is 5.60 Å². The van der Waals surface area contributed by atoms with Crippen molar-refractivity contribution in [3.63, 3.8) is 0 Å². The number of amides is 2. The average Bonchev–Trinajstić information content (AvgIpc) is 3.24. The van der Waals surface area contributed by atoms with E-state index in [0.29, 0.717) is 31.5 Å². The zero-order valence-corrected chi connectivity index (χ0v) is 22.4. The molecule has 0 aliphatic carbocycles. The van der Waals surface area contributed by atoms with Crippen LogP contribution in [0.5, 0.6) is 0 Å². The van der Waals surface area contributed by atoms with Crippen LogP contribution in [0, 0.1) is 0 Å². The van der Waals surface area contributed by atoms with E-state index in [-0.39, 0.29) is 24.3 Å². The standard InChI is InChI=1S/C27H38N6O4/c1-6-22-18-36-26(35)33(22)23-11-12-28-24(30-23)29-19(2)21-9-7-20(8-10-21)17-31-13-15-32(16-14-31)25(34)37-27(3,4)5/h7-12,19,22H,6,13-18H2,1-5H3,(H,28,29,30)/t19-,22-/m0/s1. The van der Waals surface area contributed by atoms with E-state index in [0.717, 1.165) is 31.6 Å². The van der Waals surface area contributed by atoms with Crippen LogP contribution in [0.25, 0.3) is 0 Å². The van der Waals surface area contributed by atoms with E-state index in [1.165, 1.54) is 5.56 Å². The van der Waals surface area contributed by atoms with Crippen molar-refractivity contribution >= 4 is 24.0 Å². The Morgan fingerprint density at radius 1 is 1.16 bits per heavy atom. The highest BCUT2D eigenvalue weighted by molar-refractivity contribution is 5.89. The molecule has 0 radical (unpaired) electrons. The molecule has 37 heavy (non-hydrogen) atoms. The molecule has 1 N–H and O–H groups in total. The smallest absolute Gasteiger partial charge is 0.415 e. The molecule has 2 aliphatic heterocycles. The number of piperazine rings is 1. The summed E-state index contributed by atoms with van der Waals surface area (Å²) in [5.41, 5.74) is 1.86. The molecule has 0 bridgehead atoms. The zero-order valence-electron chi connectivity index (χ0n) is 22.4. The summed E-state index contributed by atoms with van der Waals surface area (Å²) in [7, 11) is 0. The Labute approximate surface area is 218 Å². The lowest BCUT2D eigenvalue weighted by molar-refractivity contribution is 0.0139. The number of carbonyl (C=O) groups is 2. The van der Waals surface area contributed by atoms with Gasteiger partial charge in [0.25, 0.3) is 0 Å². The third-order valence-electron chi connectivity index (χ3n) is 6.58. The first-order chi connectivity index (χ1) is 17.6. The number of nitrogens with zero attached hydrogens (tertiary/aromatic N) is 5. The largest absolute Gasteiger partial charge is 0.447 e. The molecule has 0 saturated carbocycles. The Bertz CT molecular complexity index is 1080. The fourth-order valence-corrected chi connectivity index (χ4v) is 4.46. The molecule has 1 aromatic heterocycles. The Kier molecular flexibility index (Phi) is 8.16. The van der Waals surface area contributed by atoms with Gasteiger partial charge in [0.2, 0.25) is 5.95 Å². The van der Waals surface area contributed by atoms with Crippen LogP contribution in [0.2, 0.25) is 0 Å². The predicted molar refractivity (Wildman–Crippen MR) is 142 cm³/mol. The normalized spacial score (nSPS) is 19.5. The van der Waals surface area contributed by atoms with Gasteiger partial charge >= 0.3 is 12.2 Å². The number of cyclic esters (lactones) is 1. The summed E-state index contributed by atoms with van der Waals surface area (Å²) < 4.78 is 10.7. The summed E-state index contributed by atoms with van der Waals surface area (Å²) in [6.45, 7) is 13.9. The van der Waals surface area contributed by atoms with Gasteiger partial charge < -0.3 is 19.7 Å². The number of carbonyl (C=O) groups excluding carboxylic acids is 2. The molecule has 0 unspecified atom stereocenters. The number of benzene rings is 1. The van der Waals surface area contributed by atoms with Gasteiger partial charge in [-0.1, -0.05) is 31.2 Å². The molecule has 10 heteroatoms. The van der Waals surface area contributed by atoms with Crippen molar-refractivity contribution in [3.8, 4) is 0 Å². The number of hydrogen-bond donors (Lipinski definition) is 1. The van der Waals surface area contributed by atoms with Crippen LogP contribution in [-0.4, -0.2) is 76.4 Å². The molecule has 2 amide bonds. The average molecular weight is 511 g/mol. The molecule has 10 nitrogen and oxygen atoms in total. The fourth-order valence-electron chi connectivity index (χ4n) is 4.46. The number of nitrogens with one attached hydrogen (secondary N) is 1. The predicted octanol–water partition coefficient (Wildman–Crippen LogP) is 4.44. The highest BCUT2D eigenvalue weighted by atomic mass is 16.6. The van der Waals surface area contributed by atoms with E-state index in [9.17, 15) is 9.59 Å². The monoisotopic (exact) mass is 510 g/mol. The van der Waals surface area contributed by atoms with Crippen molar-refractivity contribution < 1.29 is 19.1 Å². The lowest BCUT2D eigenvalue weighted by Gasteiger charge is -2.35. The summed E-state index contributed by atoms with van der Waals surface area (Å²) in [5, 5.41) is 3.34. The number of rotatable bonds is 7. The first-order valence-corrected chi connectivity index (χ1v) is 13.0. The molecular formula is C27H38N6O4. The molecule has 3 heterocycles. The maximum absolute atomic E-state index is 12.3. The molecular weight excluding hydrogens is 472 g/mol. The molecule has 2 aliphatic rings. The zero-order chi connectivity index (χ0) is 26.6. The summed E-state index contributed by atoms with van der Waals surface area (Å²) in [5.74, 6) is 1.01.